The Kier molecular flexibility index (Phi) is 2.26. The summed E-state index contributed by atoms with van der Waals surface area (Å²) in [5, 5.41) is 8.40. The number of rotatable bonds is 2. The number of carbonyl (C=O) groups is 1. The van der Waals surface area contributed by atoms with Crippen molar-refractivity contribution in [2.75, 3.05) is 0 Å². The first kappa shape index (κ1) is 7.06. The second-order valence-electron chi connectivity index (χ2n) is 2.36. The normalized spacial score (nSPS) is 16.6. The molecule has 1 N–H and O–H groups in total. The molecule has 0 aliphatic heterocycles. The van der Waals surface area contributed by atoms with Crippen molar-refractivity contribution in [3.05, 3.63) is 23.8 Å². The third kappa shape index (κ3) is 2.05. The predicted octanol–water partition coefficient (Wildman–Crippen LogP) is 1.74. The highest BCUT2D eigenvalue weighted by molar-refractivity contribution is 5.70. The number of hydrogen-bond acceptors (Lipinski definition) is 1. The maximum Gasteiger partial charge on any atom is 0.307 e. The lowest BCUT2D eigenvalue weighted by atomic mass is 10.0. The third-order valence-corrected chi connectivity index (χ3v) is 1.48. The number of allylic oxidation sites excluding steroid dienone is 3. The summed E-state index contributed by atoms with van der Waals surface area (Å²) in [6.45, 7) is 0. The largest absolute Gasteiger partial charge is 0.481 e. The highest BCUT2D eigenvalue weighted by Crippen LogP contribution is 2.14. The van der Waals surface area contributed by atoms with E-state index in [1.165, 1.54) is 0 Å². The Labute approximate surface area is 59.9 Å². The van der Waals surface area contributed by atoms with Crippen molar-refractivity contribution in [3.8, 4) is 0 Å². The zero-order valence-corrected chi connectivity index (χ0v) is 5.71. The molecule has 0 aromatic heterocycles. The summed E-state index contributed by atoms with van der Waals surface area (Å²) in [4.78, 5) is 10.2. The van der Waals surface area contributed by atoms with Gasteiger partial charge in [0.05, 0.1) is 6.42 Å². The van der Waals surface area contributed by atoms with E-state index in [1.807, 2.05) is 18.2 Å². The number of aliphatic carboxylic acids is 1. The summed E-state index contributed by atoms with van der Waals surface area (Å²) in [5.74, 6) is -0.735. The molecule has 2 nitrogen and oxygen atoms in total. The van der Waals surface area contributed by atoms with Gasteiger partial charge in [-0.3, -0.25) is 4.79 Å². The van der Waals surface area contributed by atoms with E-state index >= 15 is 0 Å². The number of carboxylic acid groups (broad SMARTS) is 1. The number of hydrogen-bond donors (Lipinski definition) is 1. The molecule has 0 bridgehead atoms. The van der Waals surface area contributed by atoms with Crippen LogP contribution in [-0.4, -0.2) is 11.1 Å². The van der Waals surface area contributed by atoms with Crippen LogP contribution < -0.4 is 0 Å². The van der Waals surface area contributed by atoms with Crippen molar-refractivity contribution in [2.45, 2.75) is 19.3 Å². The van der Waals surface area contributed by atoms with Crippen molar-refractivity contribution < 1.29 is 9.90 Å². The van der Waals surface area contributed by atoms with Crippen LogP contribution in [0.25, 0.3) is 0 Å². The minimum Gasteiger partial charge on any atom is -0.481 e. The summed E-state index contributed by atoms with van der Waals surface area (Å²) in [6, 6.07) is 0. The fourth-order valence-electron chi connectivity index (χ4n) is 0.994. The third-order valence-electron chi connectivity index (χ3n) is 1.48. The Bertz CT molecular complexity index is 189. The first-order chi connectivity index (χ1) is 4.79. The Morgan fingerprint density at radius 2 is 2.50 bits per heavy atom. The van der Waals surface area contributed by atoms with Crippen LogP contribution in [0.2, 0.25) is 0 Å². The quantitative estimate of drug-likeness (QED) is 0.631. The van der Waals surface area contributed by atoms with Crippen LogP contribution in [0.1, 0.15) is 19.3 Å². The molecule has 10 heavy (non-hydrogen) atoms. The molecule has 0 atom stereocenters. The first-order valence-electron chi connectivity index (χ1n) is 3.35. The van der Waals surface area contributed by atoms with Gasteiger partial charge in [0.15, 0.2) is 0 Å². The van der Waals surface area contributed by atoms with Crippen molar-refractivity contribution in [3.63, 3.8) is 0 Å². The Hall–Kier alpha value is -1.05. The monoisotopic (exact) mass is 138 g/mol. The molecule has 0 amide bonds. The zero-order chi connectivity index (χ0) is 7.40. The topological polar surface area (TPSA) is 37.3 Å². The van der Waals surface area contributed by atoms with Gasteiger partial charge in [-0.25, -0.2) is 0 Å². The Morgan fingerprint density at radius 1 is 1.70 bits per heavy atom. The second kappa shape index (κ2) is 3.20. The lowest BCUT2D eigenvalue weighted by Gasteiger charge is -2.04. The molecule has 0 aromatic carbocycles. The maximum absolute atomic E-state index is 10.2. The van der Waals surface area contributed by atoms with E-state index in [0.717, 1.165) is 18.4 Å². The fraction of sp³-hybridized carbons (Fsp3) is 0.375. The highest BCUT2D eigenvalue weighted by Gasteiger charge is 2.03. The van der Waals surface area contributed by atoms with Gasteiger partial charge in [-0.15, -0.1) is 0 Å². The van der Waals surface area contributed by atoms with E-state index in [-0.39, 0.29) is 6.42 Å². The average molecular weight is 138 g/mol. The van der Waals surface area contributed by atoms with E-state index in [4.69, 9.17) is 5.11 Å². The van der Waals surface area contributed by atoms with Crippen LogP contribution in [0.4, 0.5) is 0 Å². The van der Waals surface area contributed by atoms with E-state index in [9.17, 15) is 4.79 Å². The summed E-state index contributed by atoms with van der Waals surface area (Å²) in [7, 11) is 0. The van der Waals surface area contributed by atoms with E-state index in [1.54, 1.807) is 0 Å². The van der Waals surface area contributed by atoms with Gasteiger partial charge in [0.2, 0.25) is 0 Å². The Morgan fingerprint density at radius 3 is 3.00 bits per heavy atom. The molecule has 0 saturated carbocycles. The summed E-state index contributed by atoms with van der Waals surface area (Å²) >= 11 is 0. The lowest BCUT2D eigenvalue weighted by Crippen LogP contribution is -1.98. The fourth-order valence-corrected chi connectivity index (χ4v) is 0.994. The van der Waals surface area contributed by atoms with Crippen LogP contribution >= 0.6 is 0 Å². The summed E-state index contributed by atoms with van der Waals surface area (Å²) in [6.07, 6.45) is 7.94. The van der Waals surface area contributed by atoms with Crippen LogP contribution in [0.3, 0.4) is 0 Å². The number of carboxylic acids is 1. The molecule has 0 unspecified atom stereocenters. The van der Waals surface area contributed by atoms with Crippen LogP contribution in [0, 0.1) is 0 Å². The standard InChI is InChI=1S/C8H10O2/c9-8(10)6-7-4-2-1-3-5-7/h1-2,4H,3,5-6H2,(H,9,10). The van der Waals surface area contributed by atoms with E-state index in [2.05, 4.69) is 0 Å². The van der Waals surface area contributed by atoms with Crippen molar-refractivity contribution in [1.29, 1.82) is 0 Å². The molecule has 54 valence electrons. The summed E-state index contributed by atoms with van der Waals surface area (Å²) < 4.78 is 0. The molecule has 1 aliphatic carbocycles. The molecule has 1 aliphatic rings. The van der Waals surface area contributed by atoms with E-state index in [0.29, 0.717) is 0 Å². The molecule has 2 heteroatoms. The zero-order valence-electron chi connectivity index (χ0n) is 5.71. The predicted molar refractivity (Wildman–Crippen MR) is 38.7 cm³/mol. The van der Waals surface area contributed by atoms with Crippen molar-refractivity contribution >= 4 is 5.97 Å². The van der Waals surface area contributed by atoms with Gasteiger partial charge >= 0.3 is 5.97 Å². The van der Waals surface area contributed by atoms with Gasteiger partial charge in [0.25, 0.3) is 0 Å². The molecule has 0 fully saturated rings. The molecular weight excluding hydrogens is 128 g/mol. The second-order valence-corrected chi connectivity index (χ2v) is 2.36. The van der Waals surface area contributed by atoms with Gasteiger partial charge in [-0.05, 0) is 12.8 Å². The van der Waals surface area contributed by atoms with Gasteiger partial charge in [-0.1, -0.05) is 23.8 Å². The minimum absolute atomic E-state index is 0.199. The maximum atomic E-state index is 10.2. The van der Waals surface area contributed by atoms with Crippen molar-refractivity contribution in [1.82, 2.24) is 0 Å². The van der Waals surface area contributed by atoms with Gasteiger partial charge in [-0.2, -0.15) is 0 Å². The lowest BCUT2D eigenvalue weighted by molar-refractivity contribution is -0.136. The van der Waals surface area contributed by atoms with Crippen LogP contribution in [0.15, 0.2) is 23.8 Å². The van der Waals surface area contributed by atoms with Crippen molar-refractivity contribution in [2.24, 2.45) is 0 Å². The molecule has 0 saturated heterocycles. The molecular formula is C8H10O2. The van der Waals surface area contributed by atoms with Gasteiger partial charge in [0.1, 0.15) is 0 Å². The molecule has 0 spiro atoms. The van der Waals surface area contributed by atoms with Gasteiger partial charge < -0.3 is 5.11 Å². The molecule has 0 aromatic rings. The van der Waals surface area contributed by atoms with Crippen LogP contribution in [-0.2, 0) is 4.79 Å². The molecule has 0 heterocycles. The SMILES string of the molecule is O=C(O)CC1=CC=CCC1. The molecule has 1 rings (SSSR count). The molecule has 0 radical (unpaired) electrons. The van der Waals surface area contributed by atoms with E-state index < -0.39 is 5.97 Å². The minimum atomic E-state index is -0.735. The van der Waals surface area contributed by atoms with Crippen LogP contribution in [0.5, 0.6) is 0 Å². The average Bonchev–Trinajstić information content (AvgIpc) is 1.88. The first-order valence-corrected chi connectivity index (χ1v) is 3.35. The highest BCUT2D eigenvalue weighted by atomic mass is 16.4. The van der Waals surface area contributed by atoms with Gasteiger partial charge in [0, 0.05) is 0 Å². The Balaban J connectivity index is 2.47. The summed E-state index contributed by atoms with van der Waals surface area (Å²) in [5.41, 5.74) is 1.02. The smallest absolute Gasteiger partial charge is 0.307 e.